The molecule has 0 aliphatic carbocycles. The quantitative estimate of drug-likeness (QED) is 0.361. The smallest absolute Gasteiger partial charge is 0.185 e. The molecule has 120 valence electrons. The topological polar surface area (TPSA) is 45.8 Å². The zero-order valence-electron chi connectivity index (χ0n) is 12.3. The van der Waals surface area contributed by atoms with Gasteiger partial charge in [-0.05, 0) is 71.1 Å². The summed E-state index contributed by atoms with van der Waals surface area (Å²) in [4.78, 5) is 12.1. The van der Waals surface area contributed by atoms with E-state index in [1.807, 2.05) is 12.1 Å². The van der Waals surface area contributed by atoms with Gasteiger partial charge in [-0.2, -0.15) is 5.10 Å². The van der Waals surface area contributed by atoms with Crippen LogP contribution in [0.25, 0.3) is 17.3 Å². The Labute approximate surface area is 150 Å². The van der Waals surface area contributed by atoms with Gasteiger partial charge < -0.3 is 0 Å². The third-order valence-electron chi connectivity index (χ3n) is 3.36. The molecule has 24 heavy (non-hydrogen) atoms. The number of benzene rings is 2. The highest BCUT2D eigenvalue weighted by Gasteiger charge is 2.07. The molecule has 0 bridgehead atoms. The van der Waals surface area contributed by atoms with E-state index in [9.17, 15) is 13.6 Å². The largest absolute Gasteiger partial charge is 0.289 e. The van der Waals surface area contributed by atoms with Gasteiger partial charge in [-0.15, -0.1) is 0 Å². The minimum atomic E-state index is -0.929. The number of nitrogens with zero attached hydrogens (tertiary/aromatic N) is 1. The van der Waals surface area contributed by atoms with Crippen LogP contribution < -0.4 is 0 Å². The van der Waals surface area contributed by atoms with Gasteiger partial charge in [-0.1, -0.05) is 12.1 Å². The molecule has 0 amide bonds. The van der Waals surface area contributed by atoms with E-state index in [0.717, 1.165) is 15.7 Å². The fourth-order valence-electron chi connectivity index (χ4n) is 2.10. The molecule has 1 N–H and O–H groups in total. The zero-order valence-corrected chi connectivity index (χ0v) is 14.4. The standard InChI is InChI=1S/C18H11F2IN2O/c19-15-7-3-12(9-16(15)20)17-10-14(22-23-17)6-8-18(24)11-1-4-13(21)5-2-11/h1-10H,(H,22,23)/b8-6+. The first kappa shape index (κ1) is 16.5. The molecule has 2 aromatic carbocycles. The van der Waals surface area contributed by atoms with Crippen LogP contribution in [0.3, 0.4) is 0 Å². The minimum Gasteiger partial charge on any atom is -0.289 e. The molecule has 0 atom stereocenters. The summed E-state index contributed by atoms with van der Waals surface area (Å²) < 4.78 is 27.3. The van der Waals surface area contributed by atoms with Crippen LogP contribution in [0.1, 0.15) is 16.1 Å². The SMILES string of the molecule is O=C(/C=C/c1cc(-c2ccc(F)c(F)c2)n[nH]1)c1ccc(I)cc1. The average Bonchev–Trinajstić information content (AvgIpc) is 3.05. The lowest BCUT2D eigenvalue weighted by atomic mass is 10.1. The van der Waals surface area contributed by atoms with Crippen molar-refractivity contribution in [2.45, 2.75) is 0 Å². The van der Waals surface area contributed by atoms with Crippen molar-refractivity contribution in [3.8, 4) is 11.3 Å². The lowest BCUT2D eigenvalue weighted by Gasteiger charge is -1.97. The Kier molecular flexibility index (Phi) is 4.84. The maximum Gasteiger partial charge on any atom is 0.185 e. The molecule has 0 spiro atoms. The van der Waals surface area contributed by atoms with Crippen LogP contribution in [0.4, 0.5) is 8.78 Å². The second-order valence-corrected chi connectivity index (χ2v) is 6.29. The Morgan fingerprint density at radius 2 is 1.79 bits per heavy atom. The van der Waals surface area contributed by atoms with Crippen molar-refractivity contribution in [2.75, 3.05) is 0 Å². The molecule has 3 aromatic rings. The van der Waals surface area contributed by atoms with Gasteiger partial charge in [0.2, 0.25) is 0 Å². The number of nitrogens with one attached hydrogen (secondary N) is 1. The van der Waals surface area contributed by atoms with Crippen LogP contribution in [0.5, 0.6) is 0 Å². The molecule has 0 fully saturated rings. The maximum atomic E-state index is 13.3. The summed E-state index contributed by atoms with van der Waals surface area (Å²) in [5, 5.41) is 6.79. The molecule has 6 heteroatoms. The number of hydrogen-bond donors (Lipinski definition) is 1. The highest BCUT2D eigenvalue weighted by molar-refractivity contribution is 14.1. The molecule has 0 radical (unpaired) electrons. The molecule has 3 nitrogen and oxygen atoms in total. The van der Waals surface area contributed by atoms with Crippen LogP contribution in [-0.2, 0) is 0 Å². The number of halogens is 3. The predicted octanol–water partition coefficient (Wildman–Crippen LogP) is 4.86. The number of allylic oxidation sites excluding steroid dienone is 1. The fraction of sp³-hybridized carbons (Fsp3) is 0. The van der Waals surface area contributed by atoms with Gasteiger partial charge in [0.25, 0.3) is 0 Å². The number of aromatic nitrogens is 2. The number of carbonyl (C=O) groups excluding carboxylic acids is 1. The van der Waals surface area contributed by atoms with Gasteiger partial charge in [0.05, 0.1) is 11.4 Å². The molecule has 0 saturated heterocycles. The van der Waals surface area contributed by atoms with Crippen molar-refractivity contribution in [3.05, 3.63) is 81.1 Å². The fourth-order valence-corrected chi connectivity index (χ4v) is 2.46. The van der Waals surface area contributed by atoms with E-state index in [4.69, 9.17) is 0 Å². The molecule has 0 aliphatic rings. The first-order chi connectivity index (χ1) is 11.5. The van der Waals surface area contributed by atoms with E-state index in [2.05, 4.69) is 32.8 Å². The lowest BCUT2D eigenvalue weighted by molar-refractivity contribution is 0.104. The van der Waals surface area contributed by atoms with Gasteiger partial charge in [0.1, 0.15) is 0 Å². The van der Waals surface area contributed by atoms with Crippen LogP contribution in [0.2, 0.25) is 0 Å². The van der Waals surface area contributed by atoms with Crippen LogP contribution in [0.15, 0.2) is 54.6 Å². The highest BCUT2D eigenvalue weighted by atomic mass is 127. The summed E-state index contributed by atoms with van der Waals surface area (Å²) in [6.45, 7) is 0. The van der Waals surface area contributed by atoms with Gasteiger partial charge in [-0.25, -0.2) is 8.78 Å². The minimum absolute atomic E-state index is 0.129. The Bertz CT molecular complexity index is 917. The summed E-state index contributed by atoms with van der Waals surface area (Å²) >= 11 is 2.17. The molecule has 3 rings (SSSR count). The second kappa shape index (κ2) is 7.04. The van der Waals surface area contributed by atoms with Gasteiger partial charge >= 0.3 is 0 Å². The Balaban J connectivity index is 1.77. The van der Waals surface area contributed by atoms with Crippen molar-refractivity contribution in [2.24, 2.45) is 0 Å². The molecular formula is C18H11F2IN2O. The number of rotatable bonds is 4. The third-order valence-corrected chi connectivity index (χ3v) is 4.08. The van der Waals surface area contributed by atoms with E-state index >= 15 is 0 Å². The predicted molar refractivity (Wildman–Crippen MR) is 96.5 cm³/mol. The van der Waals surface area contributed by atoms with E-state index in [-0.39, 0.29) is 5.78 Å². The third kappa shape index (κ3) is 3.76. The summed E-state index contributed by atoms with van der Waals surface area (Å²) in [5.74, 6) is -1.96. The van der Waals surface area contributed by atoms with E-state index in [1.54, 1.807) is 24.3 Å². The van der Waals surface area contributed by atoms with Crippen molar-refractivity contribution >= 4 is 34.5 Å². The van der Waals surface area contributed by atoms with Crippen LogP contribution in [-0.4, -0.2) is 16.0 Å². The molecule has 1 aromatic heterocycles. The van der Waals surface area contributed by atoms with E-state index in [1.165, 1.54) is 12.1 Å². The number of carbonyl (C=O) groups is 1. The first-order valence-electron chi connectivity index (χ1n) is 7.02. The molecule has 1 heterocycles. The summed E-state index contributed by atoms with van der Waals surface area (Å²) in [7, 11) is 0. The van der Waals surface area contributed by atoms with Gasteiger partial charge in [-0.3, -0.25) is 9.89 Å². The molecule has 0 aliphatic heterocycles. The van der Waals surface area contributed by atoms with Gasteiger partial charge in [0.15, 0.2) is 17.4 Å². The van der Waals surface area contributed by atoms with E-state index in [0.29, 0.717) is 22.5 Å². The number of hydrogen-bond acceptors (Lipinski definition) is 2. The summed E-state index contributed by atoms with van der Waals surface area (Å²) in [6, 6.07) is 12.5. The summed E-state index contributed by atoms with van der Waals surface area (Å²) in [5.41, 5.74) is 2.10. The van der Waals surface area contributed by atoms with Crippen molar-refractivity contribution in [1.29, 1.82) is 0 Å². The highest BCUT2D eigenvalue weighted by Crippen LogP contribution is 2.20. The first-order valence-corrected chi connectivity index (χ1v) is 8.09. The maximum absolute atomic E-state index is 13.3. The second-order valence-electron chi connectivity index (χ2n) is 5.04. The molecule has 0 unspecified atom stereocenters. The number of H-pyrrole nitrogens is 1. The zero-order chi connectivity index (χ0) is 17.1. The molecular weight excluding hydrogens is 425 g/mol. The van der Waals surface area contributed by atoms with Crippen LogP contribution in [0, 0.1) is 15.2 Å². The van der Waals surface area contributed by atoms with E-state index < -0.39 is 11.6 Å². The van der Waals surface area contributed by atoms with Gasteiger partial charge in [0, 0.05) is 14.7 Å². The number of aromatic amines is 1. The monoisotopic (exact) mass is 436 g/mol. The van der Waals surface area contributed by atoms with Crippen LogP contribution >= 0.6 is 22.6 Å². The molecule has 0 saturated carbocycles. The average molecular weight is 436 g/mol. The normalized spacial score (nSPS) is 11.1. The van der Waals surface area contributed by atoms with Crippen molar-refractivity contribution in [1.82, 2.24) is 10.2 Å². The van der Waals surface area contributed by atoms with Crippen molar-refractivity contribution in [3.63, 3.8) is 0 Å². The number of ketones is 1. The summed E-state index contributed by atoms with van der Waals surface area (Å²) in [6.07, 6.45) is 3.03. The lowest BCUT2D eigenvalue weighted by Crippen LogP contribution is -1.93. The Hall–Kier alpha value is -2.35. The Morgan fingerprint density at radius 3 is 2.50 bits per heavy atom. The van der Waals surface area contributed by atoms with Crippen molar-refractivity contribution < 1.29 is 13.6 Å². The Morgan fingerprint density at radius 1 is 1.04 bits per heavy atom.